The zero-order valence-corrected chi connectivity index (χ0v) is 16.4. The van der Waals surface area contributed by atoms with Gasteiger partial charge in [0.25, 0.3) is 0 Å². The van der Waals surface area contributed by atoms with Crippen molar-refractivity contribution in [3.63, 3.8) is 0 Å². The van der Waals surface area contributed by atoms with Crippen molar-refractivity contribution in [3.05, 3.63) is 64.6 Å². The molecule has 0 spiro atoms. The van der Waals surface area contributed by atoms with Gasteiger partial charge in [-0.2, -0.15) is 0 Å². The number of ether oxygens (including phenoxy) is 3. The summed E-state index contributed by atoms with van der Waals surface area (Å²) >= 11 is 12.1. The predicted molar refractivity (Wildman–Crippen MR) is 107 cm³/mol. The molecule has 0 saturated heterocycles. The molecule has 0 aliphatic heterocycles. The molecule has 0 radical (unpaired) electrons. The number of hydrogen-bond donors (Lipinski definition) is 0. The highest BCUT2D eigenvalue weighted by atomic mass is 35.5. The number of benzene rings is 3. The maximum Gasteiger partial charge on any atom is 0.347 e. The van der Waals surface area contributed by atoms with E-state index in [0.717, 1.165) is 10.8 Å². The summed E-state index contributed by atoms with van der Waals surface area (Å²) in [6.45, 7) is 3.72. The molecule has 0 aromatic heterocycles. The SMILES string of the molecule is CCOC(=O)C(C)Oc1cccc2c(Oc3ccc(Cl)cc3Cl)cccc12. The molecular formula is C21H18Cl2O4. The van der Waals surface area contributed by atoms with Crippen LogP contribution in [0.4, 0.5) is 0 Å². The zero-order chi connectivity index (χ0) is 19.4. The average Bonchev–Trinajstić information content (AvgIpc) is 2.65. The lowest BCUT2D eigenvalue weighted by Crippen LogP contribution is -2.26. The molecule has 6 heteroatoms. The molecule has 0 amide bonds. The van der Waals surface area contributed by atoms with Gasteiger partial charge >= 0.3 is 5.97 Å². The van der Waals surface area contributed by atoms with Crippen molar-refractivity contribution in [1.29, 1.82) is 0 Å². The van der Waals surface area contributed by atoms with Crippen LogP contribution in [-0.4, -0.2) is 18.7 Å². The first-order chi connectivity index (χ1) is 13.0. The summed E-state index contributed by atoms with van der Waals surface area (Å²) in [4.78, 5) is 11.9. The Morgan fingerprint density at radius 1 is 0.963 bits per heavy atom. The number of esters is 1. The first-order valence-electron chi connectivity index (χ1n) is 8.47. The number of carbonyl (C=O) groups is 1. The summed E-state index contributed by atoms with van der Waals surface area (Å²) in [7, 11) is 0. The van der Waals surface area contributed by atoms with E-state index in [0.29, 0.717) is 33.9 Å². The fourth-order valence-corrected chi connectivity index (χ4v) is 3.07. The van der Waals surface area contributed by atoms with Gasteiger partial charge < -0.3 is 14.2 Å². The van der Waals surface area contributed by atoms with Gasteiger partial charge in [0.05, 0.1) is 11.6 Å². The quantitative estimate of drug-likeness (QED) is 0.454. The van der Waals surface area contributed by atoms with Crippen molar-refractivity contribution in [2.45, 2.75) is 20.0 Å². The Balaban J connectivity index is 1.94. The summed E-state index contributed by atoms with van der Waals surface area (Å²) in [5, 5.41) is 2.60. The third-order valence-corrected chi connectivity index (χ3v) is 4.41. The molecular weight excluding hydrogens is 387 g/mol. The molecule has 140 valence electrons. The third-order valence-electron chi connectivity index (χ3n) is 3.88. The van der Waals surface area contributed by atoms with Crippen LogP contribution in [0.15, 0.2) is 54.6 Å². The Labute approximate surface area is 167 Å². The fraction of sp³-hybridized carbons (Fsp3) is 0.190. The predicted octanol–water partition coefficient (Wildman–Crippen LogP) is 6.27. The average molecular weight is 405 g/mol. The second kappa shape index (κ2) is 8.51. The topological polar surface area (TPSA) is 44.8 Å². The Kier molecular flexibility index (Phi) is 6.09. The summed E-state index contributed by atoms with van der Waals surface area (Å²) in [5.41, 5.74) is 0. The molecule has 0 aliphatic carbocycles. The van der Waals surface area contributed by atoms with E-state index in [1.54, 1.807) is 38.1 Å². The van der Waals surface area contributed by atoms with E-state index in [9.17, 15) is 4.79 Å². The number of hydrogen-bond acceptors (Lipinski definition) is 4. The first kappa shape index (κ1) is 19.3. The van der Waals surface area contributed by atoms with Gasteiger partial charge in [0.15, 0.2) is 6.10 Å². The van der Waals surface area contributed by atoms with E-state index in [4.69, 9.17) is 37.4 Å². The summed E-state index contributed by atoms with van der Waals surface area (Å²) < 4.78 is 16.8. The van der Waals surface area contributed by atoms with Gasteiger partial charge in [-0.25, -0.2) is 4.79 Å². The first-order valence-corrected chi connectivity index (χ1v) is 9.23. The van der Waals surface area contributed by atoms with Crippen LogP contribution in [-0.2, 0) is 9.53 Å². The van der Waals surface area contributed by atoms with E-state index in [1.165, 1.54) is 0 Å². The molecule has 0 bridgehead atoms. The standard InChI is InChI=1S/C21H18Cl2O4/c1-3-25-21(24)13(2)26-18-8-4-7-16-15(18)6-5-9-19(16)27-20-11-10-14(22)12-17(20)23/h4-13H,3H2,1-2H3. The highest BCUT2D eigenvalue weighted by Crippen LogP contribution is 2.37. The van der Waals surface area contributed by atoms with Crippen LogP contribution in [0.25, 0.3) is 10.8 Å². The Bertz CT molecular complexity index is 972. The number of fused-ring (bicyclic) bond motifs is 1. The van der Waals surface area contributed by atoms with E-state index >= 15 is 0 Å². The van der Waals surface area contributed by atoms with Crippen LogP contribution >= 0.6 is 23.2 Å². The molecule has 3 aromatic rings. The molecule has 0 fully saturated rings. The van der Waals surface area contributed by atoms with Crippen LogP contribution in [0.3, 0.4) is 0 Å². The van der Waals surface area contributed by atoms with Crippen LogP contribution in [0, 0.1) is 0 Å². The molecule has 3 rings (SSSR count). The molecule has 27 heavy (non-hydrogen) atoms. The molecule has 3 aromatic carbocycles. The molecule has 1 atom stereocenters. The molecule has 1 unspecified atom stereocenters. The fourth-order valence-electron chi connectivity index (χ4n) is 2.62. The second-order valence-electron chi connectivity index (χ2n) is 5.80. The third kappa shape index (κ3) is 4.46. The molecule has 4 nitrogen and oxygen atoms in total. The zero-order valence-electron chi connectivity index (χ0n) is 14.9. The van der Waals surface area contributed by atoms with Crippen LogP contribution in [0.1, 0.15) is 13.8 Å². The Morgan fingerprint density at radius 3 is 2.30 bits per heavy atom. The van der Waals surface area contributed by atoms with Gasteiger partial charge in [0.1, 0.15) is 17.2 Å². The van der Waals surface area contributed by atoms with Crippen molar-refractivity contribution in [1.82, 2.24) is 0 Å². The number of rotatable bonds is 6. The Morgan fingerprint density at radius 2 is 1.63 bits per heavy atom. The van der Waals surface area contributed by atoms with E-state index < -0.39 is 12.1 Å². The van der Waals surface area contributed by atoms with Gasteiger partial charge in [-0.05, 0) is 44.2 Å². The van der Waals surface area contributed by atoms with Gasteiger partial charge in [0.2, 0.25) is 0 Å². The second-order valence-corrected chi connectivity index (χ2v) is 6.64. The smallest absolute Gasteiger partial charge is 0.347 e. The largest absolute Gasteiger partial charge is 0.478 e. The highest BCUT2D eigenvalue weighted by Gasteiger charge is 2.17. The maximum atomic E-state index is 11.9. The lowest BCUT2D eigenvalue weighted by molar-refractivity contribution is -0.150. The van der Waals surface area contributed by atoms with Crippen molar-refractivity contribution < 1.29 is 19.0 Å². The maximum absolute atomic E-state index is 11.9. The van der Waals surface area contributed by atoms with Crippen LogP contribution in [0.5, 0.6) is 17.2 Å². The van der Waals surface area contributed by atoms with Crippen molar-refractivity contribution in [2.75, 3.05) is 6.61 Å². The van der Waals surface area contributed by atoms with Gasteiger partial charge in [-0.1, -0.05) is 47.5 Å². The summed E-state index contributed by atoms with van der Waals surface area (Å²) in [6.07, 6.45) is -0.717. The van der Waals surface area contributed by atoms with Crippen molar-refractivity contribution in [3.8, 4) is 17.2 Å². The minimum Gasteiger partial charge on any atom is -0.478 e. The molecule has 0 heterocycles. The van der Waals surface area contributed by atoms with Gasteiger partial charge in [-0.3, -0.25) is 0 Å². The normalized spacial score (nSPS) is 11.9. The van der Waals surface area contributed by atoms with Crippen molar-refractivity contribution in [2.24, 2.45) is 0 Å². The Hall–Kier alpha value is -2.43. The highest BCUT2D eigenvalue weighted by molar-refractivity contribution is 6.35. The van der Waals surface area contributed by atoms with Crippen molar-refractivity contribution >= 4 is 39.9 Å². The number of halogens is 2. The summed E-state index contributed by atoms with van der Waals surface area (Å²) in [5.74, 6) is 1.28. The lowest BCUT2D eigenvalue weighted by Gasteiger charge is -2.16. The van der Waals surface area contributed by atoms with Gasteiger partial charge in [-0.15, -0.1) is 0 Å². The summed E-state index contributed by atoms with van der Waals surface area (Å²) in [6, 6.07) is 16.2. The monoisotopic (exact) mass is 404 g/mol. The minimum absolute atomic E-state index is 0.307. The van der Waals surface area contributed by atoms with Crippen LogP contribution in [0.2, 0.25) is 10.0 Å². The van der Waals surface area contributed by atoms with Crippen LogP contribution < -0.4 is 9.47 Å². The number of carbonyl (C=O) groups excluding carboxylic acids is 1. The van der Waals surface area contributed by atoms with Gasteiger partial charge in [0, 0.05) is 15.8 Å². The van der Waals surface area contributed by atoms with E-state index in [-0.39, 0.29) is 0 Å². The minimum atomic E-state index is -0.717. The van der Waals surface area contributed by atoms with E-state index in [1.807, 2.05) is 30.3 Å². The molecule has 0 saturated carbocycles. The molecule has 0 aliphatic rings. The molecule has 0 N–H and O–H groups in total. The van der Waals surface area contributed by atoms with E-state index in [2.05, 4.69) is 0 Å². The lowest BCUT2D eigenvalue weighted by atomic mass is 10.1.